The predicted molar refractivity (Wildman–Crippen MR) is 70.4 cm³/mol. The van der Waals surface area contributed by atoms with Crippen molar-refractivity contribution in [1.29, 1.82) is 0 Å². The van der Waals surface area contributed by atoms with Crippen molar-refractivity contribution < 1.29 is 5.11 Å². The predicted octanol–water partition coefficient (Wildman–Crippen LogP) is 3.71. The molecule has 2 atom stereocenters. The molecule has 0 saturated heterocycles. The molecule has 0 aliphatic heterocycles. The normalized spacial score (nSPS) is 15.1. The number of rotatable bonds is 3. The third-order valence-electron chi connectivity index (χ3n) is 3.08. The quantitative estimate of drug-likeness (QED) is 0.904. The molecule has 0 spiro atoms. The summed E-state index contributed by atoms with van der Waals surface area (Å²) in [5.41, 5.74) is 1.87. The summed E-state index contributed by atoms with van der Waals surface area (Å²) in [6.07, 6.45) is 0.410. The lowest BCUT2D eigenvalue weighted by atomic mass is 10.2. The van der Waals surface area contributed by atoms with Gasteiger partial charge in [-0.15, -0.1) is 0 Å². The molecule has 1 N–H and O–H groups in total. The van der Waals surface area contributed by atoms with Gasteiger partial charge in [-0.25, -0.2) is 4.98 Å². The van der Waals surface area contributed by atoms with Crippen molar-refractivity contribution in [1.82, 2.24) is 9.55 Å². The Morgan fingerprint density at radius 2 is 2.12 bits per heavy atom. The first-order valence-corrected chi connectivity index (χ1v) is 6.27. The maximum atomic E-state index is 9.80. The zero-order valence-corrected chi connectivity index (χ0v) is 11.1. The van der Waals surface area contributed by atoms with E-state index in [1.165, 1.54) is 0 Å². The monoisotopic (exact) mass is 252 g/mol. The molecule has 4 heteroatoms. The molecule has 0 unspecified atom stereocenters. The minimum atomic E-state index is -0.574. The first kappa shape index (κ1) is 12.4. The van der Waals surface area contributed by atoms with E-state index in [0.29, 0.717) is 16.9 Å². The average molecular weight is 253 g/mol. The highest BCUT2D eigenvalue weighted by Gasteiger charge is 2.18. The van der Waals surface area contributed by atoms with Crippen LogP contribution in [0.4, 0.5) is 0 Å². The molecule has 0 radical (unpaired) electrons. The number of halogens is 1. The Morgan fingerprint density at radius 3 is 2.71 bits per heavy atom. The first-order chi connectivity index (χ1) is 8.04. The van der Waals surface area contributed by atoms with Gasteiger partial charge in [0.25, 0.3) is 0 Å². The van der Waals surface area contributed by atoms with E-state index in [2.05, 4.69) is 23.4 Å². The lowest BCUT2D eigenvalue weighted by Crippen LogP contribution is -2.10. The second-order valence-electron chi connectivity index (χ2n) is 4.41. The Bertz CT molecular complexity index is 533. The molecule has 1 aromatic carbocycles. The Morgan fingerprint density at radius 1 is 1.41 bits per heavy atom. The van der Waals surface area contributed by atoms with Gasteiger partial charge in [-0.2, -0.15) is 0 Å². The molecule has 0 saturated carbocycles. The highest BCUT2D eigenvalue weighted by atomic mass is 35.5. The van der Waals surface area contributed by atoms with E-state index in [0.717, 1.165) is 17.5 Å². The van der Waals surface area contributed by atoms with Gasteiger partial charge >= 0.3 is 0 Å². The smallest absolute Gasteiger partial charge is 0.138 e. The molecule has 3 nitrogen and oxygen atoms in total. The lowest BCUT2D eigenvalue weighted by molar-refractivity contribution is 0.182. The number of fused-ring (bicyclic) bond motifs is 1. The van der Waals surface area contributed by atoms with E-state index in [4.69, 9.17) is 11.6 Å². The summed E-state index contributed by atoms with van der Waals surface area (Å²) in [5.74, 6) is 0.705. The number of hydrogen-bond donors (Lipinski definition) is 1. The Labute approximate surface area is 106 Å². The summed E-state index contributed by atoms with van der Waals surface area (Å²) in [7, 11) is 0. The maximum absolute atomic E-state index is 9.80. The molecule has 1 heterocycles. The fraction of sp³-hybridized carbons (Fsp3) is 0.462. The van der Waals surface area contributed by atoms with Crippen LogP contribution in [0.25, 0.3) is 11.0 Å². The van der Waals surface area contributed by atoms with Gasteiger partial charge < -0.3 is 9.67 Å². The van der Waals surface area contributed by atoms with Crippen LogP contribution in [0, 0.1) is 0 Å². The Hall–Kier alpha value is -1.06. The van der Waals surface area contributed by atoms with Crippen molar-refractivity contribution in [2.24, 2.45) is 0 Å². The largest absolute Gasteiger partial charge is 0.385 e. The Kier molecular flexibility index (Phi) is 3.40. The summed E-state index contributed by atoms with van der Waals surface area (Å²) in [6, 6.07) is 5.91. The zero-order valence-electron chi connectivity index (χ0n) is 10.3. The third-order valence-corrected chi connectivity index (χ3v) is 3.32. The number of aliphatic hydroxyl groups is 1. The fourth-order valence-electron chi connectivity index (χ4n) is 2.03. The minimum Gasteiger partial charge on any atom is -0.385 e. The number of aliphatic hydroxyl groups excluding tert-OH is 1. The molecule has 92 valence electrons. The SMILES string of the molecule is CC[C@@H](C)n1c([C@H](C)O)nc2ccc(Cl)cc21. The minimum absolute atomic E-state index is 0.295. The summed E-state index contributed by atoms with van der Waals surface area (Å²) in [5, 5.41) is 10.5. The Balaban J connectivity index is 2.73. The summed E-state index contributed by atoms with van der Waals surface area (Å²) >= 11 is 6.02. The van der Waals surface area contributed by atoms with Crippen LogP contribution in [0.15, 0.2) is 18.2 Å². The van der Waals surface area contributed by atoms with Crippen molar-refractivity contribution in [2.45, 2.75) is 39.3 Å². The number of benzene rings is 1. The summed E-state index contributed by atoms with van der Waals surface area (Å²) in [6.45, 7) is 5.97. The van der Waals surface area contributed by atoms with Crippen molar-refractivity contribution in [2.75, 3.05) is 0 Å². The van der Waals surface area contributed by atoms with Crippen LogP contribution in [0.5, 0.6) is 0 Å². The fourth-order valence-corrected chi connectivity index (χ4v) is 2.19. The standard InChI is InChI=1S/C13H17ClN2O/c1-4-8(2)16-12-7-10(14)5-6-11(12)15-13(16)9(3)17/h5-9,17H,4H2,1-3H3/t8-,9+/m1/s1. The molecule has 0 fully saturated rings. The van der Waals surface area contributed by atoms with Gasteiger partial charge in [-0.1, -0.05) is 18.5 Å². The van der Waals surface area contributed by atoms with E-state index in [1.54, 1.807) is 6.92 Å². The van der Waals surface area contributed by atoms with Gasteiger partial charge in [0, 0.05) is 11.1 Å². The molecule has 0 amide bonds. The van der Waals surface area contributed by atoms with E-state index in [-0.39, 0.29) is 0 Å². The topological polar surface area (TPSA) is 38.0 Å². The van der Waals surface area contributed by atoms with E-state index in [9.17, 15) is 5.11 Å². The van der Waals surface area contributed by atoms with Crippen molar-refractivity contribution in [3.05, 3.63) is 29.0 Å². The zero-order chi connectivity index (χ0) is 12.6. The highest BCUT2D eigenvalue weighted by Crippen LogP contribution is 2.28. The number of aromatic nitrogens is 2. The second-order valence-corrected chi connectivity index (χ2v) is 4.84. The molecule has 1 aromatic heterocycles. The first-order valence-electron chi connectivity index (χ1n) is 5.90. The van der Waals surface area contributed by atoms with E-state index < -0.39 is 6.10 Å². The summed E-state index contributed by atoms with van der Waals surface area (Å²) in [4.78, 5) is 4.48. The molecule has 17 heavy (non-hydrogen) atoms. The number of imidazole rings is 1. The van der Waals surface area contributed by atoms with Crippen LogP contribution in [-0.2, 0) is 0 Å². The van der Waals surface area contributed by atoms with Crippen LogP contribution in [0.2, 0.25) is 5.02 Å². The average Bonchev–Trinajstić information content (AvgIpc) is 2.66. The number of hydrogen-bond acceptors (Lipinski definition) is 2. The van der Waals surface area contributed by atoms with Gasteiger partial charge in [0.05, 0.1) is 11.0 Å². The van der Waals surface area contributed by atoms with Crippen LogP contribution in [0.1, 0.15) is 45.2 Å². The van der Waals surface area contributed by atoms with Gasteiger partial charge in [0.15, 0.2) is 0 Å². The summed E-state index contributed by atoms with van der Waals surface area (Å²) < 4.78 is 2.08. The molecule has 0 aliphatic carbocycles. The number of nitrogens with zero attached hydrogens (tertiary/aromatic N) is 2. The molecular weight excluding hydrogens is 236 g/mol. The molecule has 2 aromatic rings. The lowest BCUT2D eigenvalue weighted by Gasteiger charge is -2.17. The van der Waals surface area contributed by atoms with Crippen LogP contribution in [0.3, 0.4) is 0 Å². The molecule has 2 rings (SSSR count). The van der Waals surface area contributed by atoms with Crippen LogP contribution in [-0.4, -0.2) is 14.7 Å². The third kappa shape index (κ3) is 2.17. The molecule has 0 bridgehead atoms. The van der Waals surface area contributed by atoms with Crippen molar-refractivity contribution >= 4 is 22.6 Å². The molecular formula is C13H17ClN2O. The van der Waals surface area contributed by atoms with Crippen molar-refractivity contribution in [3.63, 3.8) is 0 Å². The molecule has 0 aliphatic rings. The van der Waals surface area contributed by atoms with Gasteiger partial charge in [0.2, 0.25) is 0 Å². The maximum Gasteiger partial charge on any atom is 0.138 e. The van der Waals surface area contributed by atoms with Crippen LogP contribution < -0.4 is 0 Å². The second kappa shape index (κ2) is 4.67. The van der Waals surface area contributed by atoms with Gasteiger partial charge in [-0.3, -0.25) is 0 Å². The van der Waals surface area contributed by atoms with Gasteiger partial charge in [-0.05, 0) is 38.5 Å². The van der Waals surface area contributed by atoms with Crippen LogP contribution >= 0.6 is 11.6 Å². The van der Waals surface area contributed by atoms with E-state index >= 15 is 0 Å². The van der Waals surface area contributed by atoms with Gasteiger partial charge in [0.1, 0.15) is 11.9 Å². The highest BCUT2D eigenvalue weighted by molar-refractivity contribution is 6.31. The van der Waals surface area contributed by atoms with Crippen molar-refractivity contribution in [3.8, 4) is 0 Å². The van der Waals surface area contributed by atoms with E-state index in [1.807, 2.05) is 18.2 Å².